The number of carbonyl (C=O) groups is 1. The van der Waals surface area contributed by atoms with E-state index in [4.69, 9.17) is 46.4 Å². The van der Waals surface area contributed by atoms with Gasteiger partial charge in [0.2, 0.25) is 5.78 Å². The predicted molar refractivity (Wildman–Crippen MR) is 82.2 cm³/mol. The highest BCUT2D eigenvalue weighted by Gasteiger charge is 2.30. The molecular formula is C12H5Cl4NOS. The van der Waals surface area contributed by atoms with Crippen molar-refractivity contribution in [3.8, 4) is 0 Å². The molecule has 1 aromatic carbocycles. The van der Waals surface area contributed by atoms with Crippen molar-refractivity contribution < 1.29 is 4.79 Å². The lowest BCUT2D eigenvalue weighted by molar-refractivity contribution is -0.111. The quantitative estimate of drug-likeness (QED) is 0.547. The maximum atomic E-state index is 11.6. The standard InChI is InChI=1S/C12H5Cl4NOS/c13-7-9(15)12(18)10(16)8(14)11(7)17-19-6-4-2-1-3-5-6/h1-5H. The fraction of sp³-hybridized carbons (Fsp3) is 0. The van der Waals surface area contributed by atoms with Crippen molar-refractivity contribution in [3.63, 3.8) is 0 Å². The van der Waals surface area contributed by atoms with Gasteiger partial charge in [-0.25, -0.2) is 4.40 Å². The largest absolute Gasteiger partial charge is 0.286 e. The van der Waals surface area contributed by atoms with Crippen LogP contribution in [0.5, 0.6) is 0 Å². The van der Waals surface area contributed by atoms with E-state index in [9.17, 15) is 4.79 Å². The first-order valence-electron chi connectivity index (χ1n) is 4.98. The van der Waals surface area contributed by atoms with E-state index in [1.165, 1.54) is 0 Å². The Morgan fingerprint density at radius 2 is 1.37 bits per heavy atom. The Morgan fingerprint density at radius 3 is 1.89 bits per heavy atom. The van der Waals surface area contributed by atoms with Crippen molar-refractivity contribution in [1.82, 2.24) is 0 Å². The van der Waals surface area contributed by atoms with Crippen LogP contribution < -0.4 is 0 Å². The average Bonchev–Trinajstić information content (AvgIpc) is 2.44. The van der Waals surface area contributed by atoms with Crippen molar-refractivity contribution in [3.05, 3.63) is 50.5 Å². The van der Waals surface area contributed by atoms with Crippen LogP contribution in [0.15, 0.2) is 59.8 Å². The van der Waals surface area contributed by atoms with Gasteiger partial charge in [0.1, 0.15) is 15.8 Å². The fourth-order valence-corrected chi connectivity index (χ4v) is 2.93. The summed E-state index contributed by atoms with van der Waals surface area (Å²) >= 11 is 24.7. The number of ketones is 1. The Kier molecular flexibility index (Phi) is 4.98. The summed E-state index contributed by atoms with van der Waals surface area (Å²) in [5, 5.41) is -0.346. The highest BCUT2D eigenvalue weighted by atomic mass is 35.5. The molecule has 0 spiro atoms. The fourth-order valence-electron chi connectivity index (χ4n) is 1.26. The third-order valence-electron chi connectivity index (χ3n) is 2.19. The molecule has 0 aromatic heterocycles. The van der Waals surface area contributed by atoms with Gasteiger partial charge < -0.3 is 0 Å². The van der Waals surface area contributed by atoms with Crippen LogP contribution in [-0.2, 0) is 4.79 Å². The molecule has 0 saturated carbocycles. The molecule has 0 fully saturated rings. The Labute approximate surface area is 134 Å². The molecule has 0 N–H and O–H groups in total. The molecule has 0 saturated heterocycles. The minimum absolute atomic E-state index is 0.00416. The normalized spacial score (nSPS) is 16.2. The maximum Gasteiger partial charge on any atom is 0.218 e. The van der Waals surface area contributed by atoms with E-state index < -0.39 is 5.78 Å². The van der Waals surface area contributed by atoms with Crippen molar-refractivity contribution in [2.45, 2.75) is 4.90 Å². The molecule has 7 heteroatoms. The summed E-state index contributed by atoms with van der Waals surface area (Å²) in [5.74, 6) is -0.595. The van der Waals surface area contributed by atoms with Gasteiger partial charge in [0.05, 0.1) is 10.1 Å². The molecule has 2 rings (SSSR count). The summed E-state index contributed by atoms with van der Waals surface area (Å²) in [6, 6.07) is 9.40. The summed E-state index contributed by atoms with van der Waals surface area (Å²) in [7, 11) is 0. The molecular weight excluding hydrogens is 348 g/mol. The summed E-state index contributed by atoms with van der Waals surface area (Å²) in [4.78, 5) is 12.5. The molecule has 1 aromatic rings. The van der Waals surface area contributed by atoms with Gasteiger partial charge in [-0.3, -0.25) is 4.79 Å². The van der Waals surface area contributed by atoms with Crippen LogP contribution in [0.3, 0.4) is 0 Å². The summed E-state index contributed by atoms with van der Waals surface area (Å²) in [6.07, 6.45) is 0. The van der Waals surface area contributed by atoms with Crippen LogP contribution in [0.25, 0.3) is 0 Å². The van der Waals surface area contributed by atoms with E-state index in [0.717, 1.165) is 16.8 Å². The van der Waals surface area contributed by atoms with Gasteiger partial charge in [-0.2, -0.15) is 0 Å². The Bertz CT molecular complexity index is 592. The number of Topliss-reactive ketones (excluding diaryl/α,β-unsaturated/α-hetero) is 1. The van der Waals surface area contributed by atoms with Gasteiger partial charge in [0, 0.05) is 16.8 Å². The Balaban J connectivity index is 2.35. The summed E-state index contributed by atoms with van der Waals surface area (Å²) in [6.45, 7) is 0. The second-order valence-corrected chi connectivity index (χ2v) is 5.78. The number of nitrogens with zero attached hydrogens (tertiary/aromatic N) is 1. The number of halogens is 4. The molecule has 2 nitrogen and oxygen atoms in total. The summed E-state index contributed by atoms with van der Waals surface area (Å²) < 4.78 is 4.18. The van der Waals surface area contributed by atoms with Crippen LogP contribution >= 0.6 is 58.4 Å². The minimum atomic E-state index is -0.595. The maximum absolute atomic E-state index is 11.6. The predicted octanol–water partition coefficient (Wildman–Crippen LogP) is 5.10. The van der Waals surface area contributed by atoms with Crippen molar-refractivity contribution in [1.29, 1.82) is 0 Å². The minimum Gasteiger partial charge on any atom is -0.286 e. The van der Waals surface area contributed by atoms with Gasteiger partial charge in [0.25, 0.3) is 0 Å². The molecule has 19 heavy (non-hydrogen) atoms. The Morgan fingerprint density at radius 1 is 0.842 bits per heavy atom. The smallest absolute Gasteiger partial charge is 0.218 e. The molecule has 0 amide bonds. The van der Waals surface area contributed by atoms with E-state index in [2.05, 4.69) is 4.40 Å². The first-order chi connectivity index (χ1) is 9.02. The first kappa shape index (κ1) is 14.9. The molecule has 0 heterocycles. The molecule has 98 valence electrons. The van der Waals surface area contributed by atoms with E-state index in [-0.39, 0.29) is 25.8 Å². The Hall–Kier alpha value is -0.450. The zero-order valence-corrected chi connectivity index (χ0v) is 13.0. The number of allylic oxidation sites excluding steroid dienone is 4. The van der Waals surface area contributed by atoms with Crippen LogP contribution in [0.4, 0.5) is 0 Å². The SMILES string of the molecule is O=C1C(Cl)=C(Cl)C(=NSc2ccccc2)C(Cl)=C1Cl. The van der Waals surface area contributed by atoms with Gasteiger partial charge >= 0.3 is 0 Å². The van der Waals surface area contributed by atoms with Crippen LogP contribution in [0.1, 0.15) is 0 Å². The van der Waals surface area contributed by atoms with Crippen LogP contribution in [0, 0.1) is 0 Å². The molecule has 1 aliphatic rings. The zero-order valence-electron chi connectivity index (χ0n) is 9.16. The molecule has 0 radical (unpaired) electrons. The van der Waals surface area contributed by atoms with Crippen molar-refractivity contribution in [2.24, 2.45) is 4.40 Å². The average molecular weight is 353 g/mol. The second kappa shape index (κ2) is 6.33. The van der Waals surface area contributed by atoms with Gasteiger partial charge in [-0.15, -0.1) is 0 Å². The third-order valence-corrected chi connectivity index (χ3v) is 4.59. The number of carbonyl (C=O) groups excluding carboxylic acids is 1. The van der Waals surface area contributed by atoms with Crippen LogP contribution in [0.2, 0.25) is 0 Å². The number of benzene rings is 1. The number of rotatable bonds is 2. The lowest BCUT2D eigenvalue weighted by Gasteiger charge is -2.13. The van der Waals surface area contributed by atoms with Gasteiger partial charge in [-0.05, 0) is 12.1 Å². The highest BCUT2D eigenvalue weighted by Crippen LogP contribution is 2.35. The van der Waals surface area contributed by atoms with Gasteiger partial charge in [0.15, 0.2) is 0 Å². The monoisotopic (exact) mass is 351 g/mol. The van der Waals surface area contributed by atoms with Crippen molar-refractivity contribution >= 4 is 69.8 Å². The van der Waals surface area contributed by atoms with Crippen molar-refractivity contribution in [2.75, 3.05) is 0 Å². The van der Waals surface area contributed by atoms with E-state index >= 15 is 0 Å². The zero-order chi connectivity index (χ0) is 14.0. The number of hydrogen-bond donors (Lipinski definition) is 0. The van der Waals surface area contributed by atoms with Gasteiger partial charge in [-0.1, -0.05) is 64.6 Å². The summed E-state index contributed by atoms with van der Waals surface area (Å²) in [5.41, 5.74) is 0.201. The van der Waals surface area contributed by atoms with E-state index in [1.807, 2.05) is 30.3 Å². The lowest BCUT2D eigenvalue weighted by Crippen LogP contribution is -2.15. The lowest BCUT2D eigenvalue weighted by atomic mass is 10.1. The van der Waals surface area contributed by atoms with E-state index in [1.54, 1.807) is 0 Å². The second-order valence-electron chi connectivity index (χ2n) is 3.43. The topological polar surface area (TPSA) is 29.4 Å². The third kappa shape index (κ3) is 3.18. The molecule has 0 unspecified atom stereocenters. The molecule has 0 aliphatic heterocycles. The highest BCUT2D eigenvalue weighted by molar-refractivity contribution is 7.98. The van der Waals surface area contributed by atoms with E-state index in [0.29, 0.717) is 0 Å². The molecule has 0 bridgehead atoms. The molecule has 1 aliphatic carbocycles. The van der Waals surface area contributed by atoms with Crippen LogP contribution in [-0.4, -0.2) is 11.5 Å². The number of hydrogen-bond acceptors (Lipinski definition) is 3. The first-order valence-corrected chi connectivity index (χ1v) is 7.27. The molecule has 0 atom stereocenters.